The Morgan fingerprint density at radius 3 is 2.84 bits per heavy atom. The third-order valence-corrected chi connectivity index (χ3v) is 2.38. The third kappa shape index (κ3) is 6.57. The molecule has 0 saturated carbocycles. The zero-order valence-corrected chi connectivity index (χ0v) is 11.4. The summed E-state index contributed by atoms with van der Waals surface area (Å²) < 4.78 is 5.68. The van der Waals surface area contributed by atoms with E-state index in [9.17, 15) is 4.79 Å². The molecule has 0 aromatic heterocycles. The van der Waals surface area contributed by atoms with Crippen molar-refractivity contribution in [1.82, 2.24) is 4.90 Å². The molecule has 0 heterocycles. The van der Waals surface area contributed by atoms with Crippen LogP contribution in [0.3, 0.4) is 0 Å². The average Bonchev–Trinajstić information content (AvgIpc) is 2.35. The number of aliphatic imine (C=N–C) groups is 1. The molecule has 0 amide bonds. The summed E-state index contributed by atoms with van der Waals surface area (Å²) in [6.45, 7) is 1.37. The minimum atomic E-state index is -0.944. The molecule has 1 aromatic carbocycles. The van der Waals surface area contributed by atoms with Crippen molar-refractivity contribution in [3.05, 3.63) is 29.8 Å². The predicted octanol–water partition coefficient (Wildman–Crippen LogP) is 1.52. The standard InChI is InChI=1S/C14H20N2O3/c1-16(2)8-5-9-19-13-7-4-3-6-12(13)10-15-11-14(17)18/h3-4,6-7,10H,5,8-9,11H2,1-2H3,(H,17,18)/b15-10-. The van der Waals surface area contributed by atoms with E-state index in [0.717, 1.165) is 24.3 Å². The molecule has 0 fully saturated rings. The molecule has 0 bridgehead atoms. The second kappa shape index (κ2) is 8.26. The highest BCUT2D eigenvalue weighted by Crippen LogP contribution is 2.16. The highest BCUT2D eigenvalue weighted by Gasteiger charge is 2.01. The van der Waals surface area contributed by atoms with Gasteiger partial charge >= 0.3 is 5.97 Å². The van der Waals surface area contributed by atoms with Gasteiger partial charge in [0.1, 0.15) is 12.3 Å². The third-order valence-electron chi connectivity index (χ3n) is 2.38. The Labute approximate surface area is 113 Å². The molecule has 19 heavy (non-hydrogen) atoms. The Hall–Kier alpha value is -1.88. The number of rotatable bonds is 8. The van der Waals surface area contributed by atoms with Crippen LogP contribution in [0.2, 0.25) is 0 Å². The van der Waals surface area contributed by atoms with Gasteiger partial charge in [0.2, 0.25) is 0 Å². The van der Waals surface area contributed by atoms with Gasteiger partial charge in [-0.05, 0) is 32.6 Å². The van der Waals surface area contributed by atoms with Crippen molar-refractivity contribution < 1.29 is 14.6 Å². The summed E-state index contributed by atoms with van der Waals surface area (Å²) in [7, 11) is 4.04. The number of aliphatic carboxylic acids is 1. The van der Waals surface area contributed by atoms with Crippen LogP contribution >= 0.6 is 0 Å². The normalized spacial score (nSPS) is 11.1. The maximum atomic E-state index is 10.4. The Balaban J connectivity index is 2.53. The molecule has 0 unspecified atom stereocenters. The summed E-state index contributed by atoms with van der Waals surface area (Å²) in [5.41, 5.74) is 0.800. The van der Waals surface area contributed by atoms with Gasteiger partial charge in [-0.15, -0.1) is 0 Å². The van der Waals surface area contributed by atoms with Gasteiger partial charge < -0.3 is 14.7 Å². The lowest BCUT2D eigenvalue weighted by atomic mass is 10.2. The maximum Gasteiger partial charge on any atom is 0.325 e. The van der Waals surface area contributed by atoms with Gasteiger partial charge in [-0.25, -0.2) is 0 Å². The van der Waals surface area contributed by atoms with Gasteiger partial charge in [0.25, 0.3) is 0 Å². The minimum absolute atomic E-state index is 0.227. The summed E-state index contributed by atoms with van der Waals surface area (Å²) in [5.74, 6) is -0.212. The summed E-state index contributed by atoms with van der Waals surface area (Å²) in [6, 6.07) is 7.47. The first-order chi connectivity index (χ1) is 9.09. The highest BCUT2D eigenvalue weighted by molar-refractivity contribution is 5.85. The Morgan fingerprint density at radius 2 is 2.16 bits per heavy atom. The van der Waals surface area contributed by atoms with Crippen molar-refractivity contribution in [2.24, 2.45) is 4.99 Å². The first-order valence-electron chi connectivity index (χ1n) is 6.18. The lowest BCUT2D eigenvalue weighted by molar-refractivity contribution is -0.135. The molecule has 1 aromatic rings. The quantitative estimate of drug-likeness (QED) is 0.571. The molecule has 1 rings (SSSR count). The van der Waals surface area contributed by atoms with Crippen LogP contribution in [0.5, 0.6) is 5.75 Å². The summed E-state index contributed by atoms with van der Waals surface area (Å²) in [4.78, 5) is 16.3. The molecule has 5 nitrogen and oxygen atoms in total. The van der Waals surface area contributed by atoms with Crippen LogP contribution in [0.1, 0.15) is 12.0 Å². The first-order valence-corrected chi connectivity index (χ1v) is 6.18. The van der Waals surface area contributed by atoms with E-state index in [-0.39, 0.29) is 6.54 Å². The van der Waals surface area contributed by atoms with E-state index < -0.39 is 5.97 Å². The van der Waals surface area contributed by atoms with Crippen molar-refractivity contribution in [1.29, 1.82) is 0 Å². The smallest absolute Gasteiger partial charge is 0.325 e. The summed E-state index contributed by atoms with van der Waals surface area (Å²) >= 11 is 0. The van der Waals surface area contributed by atoms with Gasteiger partial charge in [-0.1, -0.05) is 12.1 Å². The van der Waals surface area contributed by atoms with Crippen LogP contribution in [0.15, 0.2) is 29.3 Å². The number of benzene rings is 1. The molecule has 1 N–H and O–H groups in total. The number of carbonyl (C=O) groups is 1. The van der Waals surface area contributed by atoms with E-state index in [1.165, 1.54) is 6.21 Å². The van der Waals surface area contributed by atoms with Crippen LogP contribution in [-0.2, 0) is 4.79 Å². The number of para-hydroxylation sites is 1. The van der Waals surface area contributed by atoms with E-state index in [1.54, 1.807) is 0 Å². The minimum Gasteiger partial charge on any atom is -0.493 e. The first kappa shape index (κ1) is 15.2. The van der Waals surface area contributed by atoms with Crippen LogP contribution in [0.25, 0.3) is 0 Å². The fraction of sp³-hybridized carbons (Fsp3) is 0.429. The van der Waals surface area contributed by atoms with Gasteiger partial charge in [0.05, 0.1) is 6.61 Å². The van der Waals surface area contributed by atoms with Gasteiger partial charge in [-0.3, -0.25) is 9.79 Å². The van der Waals surface area contributed by atoms with Crippen LogP contribution in [-0.4, -0.2) is 56.0 Å². The van der Waals surface area contributed by atoms with Gasteiger partial charge in [0, 0.05) is 18.3 Å². The molecule has 0 saturated heterocycles. The molecular weight excluding hydrogens is 244 g/mol. The lowest BCUT2D eigenvalue weighted by Gasteiger charge is -2.11. The Morgan fingerprint density at radius 1 is 1.42 bits per heavy atom. The molecule has 5 heteroatoms. The fourth-order valence-electron chi connectivity index (χ4n) is 1.50. The molecule has 0 aliphatic rings. The van der Waals surface area contributed by atoms with Crippen molar-refractivity contribution in [2.45, 2.75) is 6.42 Å². The Kier molecular flexibility index (Phi) is 6.60. The predicted molar refractivity (Wildman–Crippen MR) is 75.2 cm³/mol. The van der Waals surface area contributed by atoms with Crippen molar-refractivity contribution in [3.8, 4) is 5.75 Å². The van der Waals surface area contributed by atoms with Crippen molar-refractivity contribution >= 4 is 12.2 Å². The van der Waals surface area contributed by atoms with Crippen molar-refractivity contribution in [2.75, 3.05) is 33.8 Å². The molecule has 0 aliphatic heterocycles. The van der Waals surface area contributed by atoms with Crippen LogP contribution in [0, 0.1) is 0 Å². The van der Waals surface area contributed by atoms with E-state index in [2.05, 4.69) is 9.89 Å². The maximum absolute atomic E-state index is 10.4. The van der Waals surface area contributed by atoms with Gasteiger partial charge in [0.15, 0.2) is 0 Å². The lowest BCUT2D eigenvalue weighted by Crippen LogP contribution is -2.15. The monoisotopic (exact) mass is 264 g/mol. The molecule has 0 aliphatic carbocycles. The number of carboxylic acids is 1. The summed E-state index contributed by atoms with van der Waals surface area (Å²) in [6.07, 6.45) is 2.48. The second-order valence-corrected chi connectivity index (χ2v) is 4.41. The molecule has 0 radical (unpaired) electrons. The highest BCUT2D eigenvalue weighted by atomic mass is 16.5. The van der Waals surface area contributed by atoms with E-state index >= 15 is 0 Å². The van der Waals surface area contributed by atoms with E-state index in [0.29, 0.717) is 6.61 Å². The van der Waals surface area contributed by atoms with Crippen LogP contribution in [0.4, 0.5) is 0 Å². The SMILES string of the molecule is CN(C)CCCOc1ccccc1/C=N\CC(=O)O. The molecular formula is C14H20N2O3. The zero-order chi connectivity index (χ0) is 14.1. The molecule has 0 spiro atoms. The second-order valence-electron chi connectivity index (χ2n) is 4.41. The van der Waals surface area contributed by atoms with Crippen molar-refractivity contribution in [3.63, 3.8) is 0 Å². The molecule has 104 valence electrons. The van der Waals surface area contributed by atoms with Crippen LogP contribution < -0.4 is 4.74 Å². The Bertz CT molecular complexity index is 430. The van der Waals surface area contributed by atoms with E-state index in [1.807, 2.05) is 38.4 Å². The fourth-order valence-corrected chi connectivity index (χ4v) is 1.50. The number of nitrogens with zero attached hydrogens (tertiary/aromatic N) is 2. The van der Waals surface area contributed by atoms with E-state index in [4.69, 9.17) is 9.84 Å². The topological polar surface area (TPSA) is 62.1 Å². The number of hydrogen-bond acceptors (Lipinski definition) is 4. The summed E-state index contributed by atoms with van der Waals surface area (Å²) in [5, 5.41) is 8.54. The zero-order valence-electron chi connectivity index (χ0n) is 11.4. The van der Waals surface area contributed by atoms with Gasteiger partial charge in [-0.2, -0.15) is 0 Å². The average molecular weight is 264 g/mol. The number of ether oxygens (including phenoxy) is 1. The number of hydrogen-bond donors (Lipinski definition) is 1. The molecule has 0 atom stereocenters. The largest absolute Gasteiger partial charge is 0.493 e. The number of carboxylic acid groups (broad SMARTS) is 1.